The molecule has 0 spiro atoms. The fraction of sp³-hybridized carbons (Fsp3) is 0.400. The van der Waals surface area contributed by atoms with E-state index in [0.29, 0.717) is 0 Å². The van der Waals surface area contributed by atoms with E-state index < -0.39 is 0 Å². The van der Waals surface area contributed by atoms with Crippen LogP contribution in [0.5, 0.6) is 0 Å². The Morgan fingerprint density at radius 3 is 2.50 bits per heavy atom. The summed E-state index contributed by atoms with van der Waals surface area (Å²) < 4.78 is 0. The van der Waals surface area contributed by atoms with Crippen LogP contribution in [0.15, 0.2) is 16.8 Å². The summed E-state index contributed by atoms with van der Waals surface area (Å²) in [6.07, 6.45) is 4.44. The van der Waals surface area contributed by atoms with Crippen molar-refractivity contribution in [3.05, 3.63) is 11.8 Å². The summed E-state index contributed by atoms with van der Waals surface area (Å²) in [6, 6.07) is 0. The second-order valence-electron chi connectivity index (χ2n) is 1.39. The third-order valence-corrected chi connectivity index (χ3v) is 0.984. The molecule has 0 atom stereocenters. The largest absolute Gasteiger partial charge is 0.269 e. The number of aliphatic imine (C=N–C) groups is 1. The fourth-order valence-corrected chi connectivity index (χ4v) is 0.417. The average molecular weight is 81.1 g/mol. The molecular weight excluding hydrogens is 74.1 g/mol. The molecule has 0 fully saturated rings. The molecule has 0 amide bonds. The summed E-state index contributed by atoms with van der Waals surface area (Å²) in [6.45, 7) is 3.36. The van der Waals surface area contributed by atoms with Crippen LogP contribution in [0, 0.1) is 0 Å². The third-order valence-electron chi connectivity index (χ3n) is 0.984. The molecule has 0 aromatic heterocycles. The van der Waals surface area contributed by atoms with Gasteiger partial charge in [-0.2, -0.15) is 0 Å². The summed E-state index contributed by atoms with van der Waals surface area (Å²) in [5.41, 5.74) is 1.16. The Morgan fingerprint density at radius 2 is 2.50 bits per heavy atom. The van der Waals surface area contributed by atoms with Gasteiger partial charge in [-0.1, -0.05) is 6.08 Å². The minimum atomic E-state index is 1.14. The summed E-state index contributed by atoms with van der Waals surface area (Å²) in [5, 5.41) is 0. The number of hydrogen-bond acceptors (Lipinski definition) is 1. The summed E-state index contributed by atoms with van der Waals surface area (Å²) in [4.78, 5) is 3.70. The molecule has 6 heavy (non-hydrogen) atoms. The topological polar surface area (TPSA) is 12.4 Å². The highest BCUT2D eigenvalue weighted by Gasteiger charge is 1.99. The van der Waals surface area contributed by atoms with Crippen molar-refractivity contribution in [2.24, 2.45) is 4.99 Å². The van der Waals surface area contributed by atoms with Crippen molar-refractivity contribution >= 4 is 6.72 Å². The molecule has 1 nitrogen and oxygen atoms in total. The van der Waals surface area contributed by atoms with Gasteiger partial charge in [-0.25, -0.2) is 0 Å². The standard InChI is InChI=1S/C5H7N/c1-6-5-3-2-4-5/h3H,1-2,4H2. The van der Waals surface area contributed by atoms with Crippen LogP contribution in [0.3, 0.4) is 0 Å². The summed E-state index contributed by atoms with van der Waals surface area (Å²) >= 11 is 0. The van der Waals surface area contributed by atoms with E-state index in [1.165, 1.54) is 6.42 Å². The number of nitrogens with zero attached hydrogens (tertiary/aromatic N) is 1. The highest BCUT2D eigenvalue weighted by molar-refractivity contribution is 5.30. The van der Waals surface area contributed by atoms with Gasteiger partial charge in [0.15, 0.2) is 0 Å². The zero-order valence-electron chi connectivity index (χ0n) is 3.65. The second kappa shape index (κ2) is 1.25. The van der Waals surface area contributed by atoms with Gasteiger partial charge in [-0.3, -0.25) is 4.99 Å². The Morgan fingerprint density at radius 1 is 1.83 bits per heavy atom. The van der Waals surface area contributed by atoms with E-state index in [2.05, 4.69) is 17.8 Å². The van der Waals surface area contributed by atoms with Crippen molar-refractivity contribution in [2.75, 3.05) is 0 Å². The minimum Gasteiger partial charge on any atom is -0.269 e. The Bertz CT molecular complexity index is 92.1. The van der Waals surface area contributed by atoms with Gasteiger partial charge in [-0.05, 0) is 19.6 Å². The van der Waals surface area contributed by atoms with Crippen molar-refractivity contribution in [1.29, 1.82) is 0 Å². The monoisotopic (exact) mass is 81.1 g/mol. The second-order valence-corrected chi connectivity index (χ2v) is 1.39. The van der Waals surface area contributed by atoms with Crippen LogP contribution in [-0.2, 0) is 0 Å². The summed E-state index contributed by atoms with van der Waals surface area (Å²) in [7, 11) is 0. The summed E-state index contributed by atoms with van der Waals surface area (Å²) in [5.74, 6) is 0. The number of hydrogen-bond donors (Lipinski definition) is 0. The molecular formula is C5H7N. The first-order valence-electron chi connectivity index (χ1n) is 2.09. The molecule has 0 heterocycles. The fourth-order valence-electron chi connectivity index (χ4n) is 0.417. The molecule has 0 aromatic carbocycles. The minimum absolute atomic E-state index is 1.14. The Hall–Kier alpha value is -0.590. The molecule has 0 N–H and O–H groups in total. The van der Waals surface area contributed by atoms with Gasteiger partial charge in [0.05, 0.1) is 0 Å². The maximum absolute atomic E-state index is 3.70. The van der Waals surface area contributed by atoms with Crippen molar-refractivity contribution in [2.45, 2.75) is 12.8 Å². The molecule has 0 unspecified atom stereocenters. The Labute approximate surface area is 37.4 Å². The van der Waals surface area contributed by atoms with E-state index in [1.54, 1.807) is 0 Å². The molecule has 1 heteroatoms. The van der Waals surface area contributed by atoms with E-state index in [0.717, 1.165) is 12.1 Å². The van der Waals surface area contributed by atoms with Gasteiger partial charge >= 0.3 is 0 Å². The lowest BCUT2D eigenvalue weighted by Crippen LogP contribution is -1.87. The number of rotatable bonds is 1. The SMILES string of the molecule is C=NC1=CCC1. The smallest absolute Gasteiger partial charge is 0.0359 e. The van der Waals surface area contributed by atoms with Crippen LogP contribution >= 0.6 is 0 Å². The molecule has 0 aliphatic heterocycles. The maximum Gasteiger partial charge on any atom is 0.0359 e. The lowest BCUT2D eigenvalue weighted by atomic mass is 10.1. The van der Waals surface area contributed by atoms with Crippen molar-refractivity contribution in [3.63, 3.8) is 0 Å². The predicted octanol–water partition coefficient (Wildman–Crippen LogP) is 1.36. The molecule has 0 saturated heterocycles. The van der Waals surface area contributed by atoms with Gasteiger partial charge in [0.25, 0.3) is 0 Å². The van der Waals surface area contributed by atoms with Crippen LogP contribution in [0.1, 0.15) is 12.8 Å². The molecule has 1 aliphatic rings. The predicted molar refractivity (Wildman–Crippen MR) is 26.9 cm³/mol. The highest BCUT2D eigenvalue weighted by Crippen LogP contribution is 2.17. The normalized spacial score (nSPS) is 18.3. The first kappa shape index (κ1) is 3.59. The quantitative estimate of drug-likeness (QED) is 0.423. The van der Waals surface area contributed by atoms with E-state index in [9.17, 15) is 0 Å². The van der Waals surface area contributed by atoms with E-state index >= 15 is 0 Å². The highest BCUT2D eigenvalue weighted by atomic mass is 14.7. The zero-order chi connectivity index (χ0) is 4.41. The Kier molecular flexibility index (Phi) is 0.748. The lowest BCUT2D eigenvalue weighted by molar-refractivity contribution is 0.861. The Balaban J connectivity index is 2.52. The van der Waals surface area contributed by atoms with Crippen LogP contribution in [0.2, 0.25) is 0 Å². The first-order valence-corrected chi connectivity index (χ1v) is 2.09. The third kappa shape index (κ3) is 0.361. The van der Waals surface area contributed by atoms with Gasteiger partial charge in [0.2, 0.25) is 0 Å². The van der Waals surface area contributed by atoms with Crippen molar-refractivity contribution < 1.29 is 0 Å². The van der Waals surface area contributed by atoms with E-state index in [4.69, 9.17) is 0 Å². The van der Waals surface area contributed by atoms with Gasteiger partial charge in [-0.15, -0.1) is 0 Å². The average Bonchev–Trinajstić information content (AvgIpc) is 1.31. The molecule has 0 aromatic rings. The maximum atomic E-state index is 3.70. The van der Waals surface area contributed by atoms with Gasteiger partial charge in [0.1, 0.15) is 0 Å². The van der Waals surface area contributed by atoms with Crippen LogP contribution in [-0.4, -0.2) is 6.72 Å². The van der Waals surface area contributed by atoms with Gasteiger partial charge in [0, 0.05) is 5.70 Å². The first-order chi connectivity index (χ1) is 2.93. The molecule has 1 aliphatic carbocycles. The van der Waals surface area contributed by atoms with Crippen LogP contribution in [0.25, 0.3) is 0 Å². The molecule has 0 saturated carbocycles. The van der Waals surface area contributed by atoms with Gasteiger partial charge < -0.3 is 0 Å². The van der Waals surface area contributed by atoms with E-state index in [1.807, 2.05) is 0 Å². The molecule has 32 valence electrons. The van der Waals surface area contributed by atoms with Crippen LogP contribution in [0.4, 0.5) is 0 Å². The molecule has 0 bridgehead atoms. The van der Waals surface area contributed by atoms with Crippen molar-refractivity contribution in [3.8, 4) is 0 Å². The van der Waals surface area contributed by atoms with Crippen LogP contribution < -0.4 is 0 Å². The zero-order valence-corrected chi connectivity index (χ0v) is 3.65. The molecule has 0 radical (unpaired) electrons. The molecule has 1 rings (SSSR count). The van der Waals surface area contributed by atoms with Crippen molar-refractivity contribution in [1.82, 2.24) is 0 Å². The lowest BCUT2D eigenvalue weighted by Gasteiger charge is -2.05. The van der Waals surface area contributed by atoms with E-state index in [-0.39, 0.29) is 0 Å². The number of allylic oxidation sites excluding steroid dienone is 2.